The smallest absolute Gasteiger partial charge is 0.165 e. The van der Waals surface area contributed by atoms with Gasteiger partial charge in [0.25, 0.3) is 0 Å². The Balaban J connectivity index is 2.52. The first kappa shape index (κ1) is 10.8. The van der Waals surface area contributed by atoms with Crippen LogP contribution in [0.15, 0.2) is 18.2 Å². The van der Waals surface area contributed by atoms with Gasteiger partial charge in [0.05, 0.1) is 25.7 Å². The van der Waals surface area contributed by atoms with E-state index in [1.54, 1.807) is 14.2 Å². The van der Waals surface area contributed by atoms with Gasteiger partial charge in [-0.15, -0.1) is 0 Å². The molecule has 0 N–H and O–H groups in total. The van der Waals surface area contributed by atoms with E-state index in [0.717, 1.165) is 24.8 Å². The van der Waals surface area contributed by atoms with Gasteiger partial charge >= 0.3 is 0 Å². The maximum absolute atomic E-state index is 9.33. The van der Waals surface area contributed by atoms with E-state index in [1.165, 1.54) is 0 Å². The van der Waals surface area contributed by atoms with Crippen molar-refractivity contribution in [1.29, 1.82) is 5.26 Å². The Morgan fingerprint density at radius 2 is 2.00 bits per heavy atom. The Morgan fingerprint density at radius 3 is 2.44 bits per heavy atom. The van der Waals surface area contributed by atoms with Crippen molar-refractivity contribution in [2.75, 3.05) is 14.2 Å². The molecule has 0 atom stereocenters. The molecule has 0 amide bonds. The molecular weight excluding hydrogens is 202 g/mol. The lowest BCUT2D eigenvalue weighted by Crippen LogP contribution is -2.32. The molecule has 3 nitrogen and oxygen atoms in total. The molecule has 0 aromatic heterocycles. The summed E-state index contributed by atoms with van der Waals surface area (Å²) >= 11 is 0. The highest BCUT2D eigenvalue weighted by atomic mass is 16.5. The molecule has 0 bridgehead atoms. The molecule has 0 saturated heterocycles. The molecule has 0 radical (unpaired) electrons. The lowest BCUT2D eigenvalue weighted by atomic mass is 9.65. The molecule has 84 valence electrons. The first-order chi connectivity index (χ1) is 7.77. The third-order valence-electron chi connectivity index (χ3n) is 3.34. The number of para-hydroxylation sites is 1. The summed E-state index contributed by atoms with van der Waals surface area (Å²) in [5.41, 5.74) is 0.600. The van der Waals surface area contributed by atoms with Crippen molar-refractivity contribution < 1.29 is 9.47 Å². The monoisotopic (exact) mass is 217 g/mol. The van der Waals surface area contributed by atoms with Crippen LogP contribution in [0.1, 0.15) is 24.8 Å². The molecule has 1 saturated carbocycles. The normalized spacial score (nSPS) is 17.1. The molecule has 0 aliphatic heterocycles. The summed E-state index contributed by atoms with van der Waals surface area (Å²) in [7, 11) is 3.23. The van der Waals surface area contributed by atoms with Crippen LogP contribution in [0.5, 0.6) is 11.5 Å². The molecule has 1 aliphatic rings. The second-order valence-corrected chi connectivity index (χ2v) is 4.09. The molecule has 1 aliphatic carbocycles. The zero-order chi connectivity index (χ0) is 11.6. The van der Waals surface area contributed by atoms with Crippen molar-refractivity contribution in [3.8, 4) is 17.6 Å². The average Bonchev–Trinajstić information content (AvgIpc) is 2.28. The molecule has 16 heavy (non-hydrogen) atoms. The SMILES string of the molecule is COc1cccc(C2(C#N)CCC2)c1OC. The summed E-state index contributed by atoms with van der Waals surface area (Å²) in [6, 6.07) is 8.15. The van der Waals surface area contributed by atoms with Crippen LogP contribution in [-0.2, 0) is 5.41 Å². The van der Waals surface area contributed by atoms with Gasteiger partial charge in [-0.2, -0.15) is 5.26 Å². The summed E-state index contributed by atoms with van der Waals surface area (Å²) in [5, 5.41) is 9.33. The Kier molecular flexibility index (Phi) is 2.74. The van der Waals surface area contributed by atoms with Gasteiger partial charge in [0.15, 0.2) is 11.5 Å². The van der Waals surface area contributed by atoms with E-state index in [2.05, 4.69) is 6.07 Å². The van der Waals surface area contributed by atoms with Crippen molar-refractivity contribution in [2.24, 2.45) is 0 Å². The highest BCUT2D eigenvalue weighted by molar-refractivity contribution is 5.53. The second kappa shape index (κ2) is 4.05. The van der Waals surface area contributed by atoms with Crippen LogP contribution in [0.2, 0.25) is 0 Å². The summed E-state index contributed by atoms with van der Waals surface area (Å²) in [4.78, 5) is 0. The van der Waals surface area contributed by atoms with E-state index in [1.807, 2.05) is 18.2 Å². The fraction of sp³-hybridized carbons (Fsp3) is 0.462. The quantitative estimate of drug-likeness (QED) is 0.781. The standard InChI is InChI=1S/C13H15NO2/c1-15-11-6-3-5-10(12(11)16-2)13(9-14)7-4-8-13/h3,5-6H,4,7-8H2,1-2H3. The van der Waals surface area contributed by atoms with Crippen LogP contribution in [0.4, 0.5) is 0 Å². The molecule has 1 aromatic rings. The highest BCUT2D eigenvalue weighted by Gasteiger charge is 2.41. The summed E-state index contributed by atoms with van der Waals surface area (Å²) in [6.07, 6.45) is 2.92. The number of hydrogen-bond donors (Lipinski definition) is 0. The Hall–Kier alpha value is -1.69. The van der Waals surface area contributed by atoms with Gasteiger partial charge in [0.2, 0.25) is 0 Å². The van der Waals surface area contributed by atoms with E-state index in [4.69, 9.17) is 9.47 Å². The van der Waals surface area contributed by atoms with Gasteiger partial charge in [-0.3, -0.25) is 0 Å². The van der Waals surface area contributed by atoms with E-state index < -0.39 is 0 Å². The van der Waals surface area contributed by atoms with Crippen molar-refractivity contribution in [2.45, 2.75) is 24.7 Å². The zero-order valence-electron chi connectivity index (χ0n) is 9.62. The fourth-order valence-corrected chi connectivity index (χ4v) is 2.24. The predicted octanol–water partition coefficient (Wildman–Crippen LogP) is 2.65. The lowest BCUT2D eigenvalue weighted by Gasteiger charge is -2.36. The van der Waals surface area contributed by atoms with E-state index in [-0.39, 0.29) is 5.41 Å². The fourth-order valence-electron chi connectivity index (χ4n) is 2.24. The third kappa shape index (κ3) is 1.42. The Morgan fingerprint density at radius 1 is 1.25 bits per heavy atom. The van der Waals surface area contributed by atoms with Gasteiger partial charge in [-0.1, -0.05) is 12.1 Å². The van der Waals surface area contributed by atoms with Crippen molar-refractivity contribution in [1.82, 2.24) is 0 Å². The number of nitrogens with zero attached hydrogens (tertiary/aromatic N) is 1. The number of nitriles is 1. The molecule has 2 rings (SSSR count). The molecule has 0 spiro atoms. The van der Waals surface area contributed by atoms with Crippen LogP contribution >= 0.6 is 0 Å². The van der Waals surface area contributed by atoms with E-state index in [0.29, 0.717) is 11.5 Å². The van der Waals surface area contributed by atoms with E-state index in [9.17, 15) is 5.26 Å². The van der Waals surface area contributed by atoms with Gasteiger partial charge < -0.3 is 9.47 Å². The maximum Gasteiger partial charge on any atom is 0.165 e. The zero-order valence-corrected chi connectivity index (χ0v) is 9.62. The largest absolute Gasteiger partial charge is 0.493 e. The summed E-state index contributed by atoms with van der Waals surface area (Å²) < 4.78 is 10.6. The summed E-state index contributed by atoms with van der Waals surface area (Å²) in [5.74, 6) is 1.40. The van der Waals surface area contributed by atoms with E-state index >= 15 is 0 Å². The summed E-state index contributed by atoms with van der Waals surface area (Å²) in [6.45, 7) is 0. The number of hydrogen-bond acceptors (Lipinski definition) is 3. The van der Waals surface area contributed by atoms with Gasteiger partial charge in [-0.25, -0.2) is 0 Å². The van der Waals surface area contributed by atoms with Crippen molar-refractivity contribution in [3.05, 3.63) is 23.8 Å². The van der Waals surface area contributed by atoms with Crippen LogP contribution in [0, 0.1) is 11.3 Å². The van der Waals surface area contributed by atoms with Gasteiger partial charge in [0.1, 0.15) is 0 Å². The Labute approximate surface area is 95.6 Å². The lowest BCUT2D eigenvalue weighted by molar-refractivity contribution is 0.297. The minimum Gasteiger partial charge on any atom is -0.493 e. The van der Waals surface area contributed by atoms with Gasteiger partial charge in [0, 0.05) is 5.56 Å². The van der Waals surface area contributed by atoms with Gasteiger partial charge in [-0.05, 0) is 25.3 Å². The van der Waals surface area contributed by atoms with Crippen LogP contribution in [-0.4, -0.2) is 14.2 Å². The first-order valence-electron chi connectivity index (χ1n) is 5.40. The number of ether oxygens (including phenoxy) is 2. The minimum atomic E-state index is -0.361. The molecule has 3 heteroatoms. The van der Waals surface area contributed by atoms with Crippen molar-refractivity contribution >= 4 is 0 Å². The maximum atomic E-state index is 9.33. The highest BCUT2D eigenvalue weighted by Crippen LogP contribution is 2.48. The molecule has 1 aromatic carbocycles. The number of benzene rings is 1. The molecule has 1 fully saturated rings. The average molecular weight is 217 g/mol. The van der Waals surface area contributed by atoms with Crippen LogP contribution < -0.4 is 9.47 Å². The minimum absolute atomic E-state index is 0.361. The molecular formula is C13H15NO2. The van der Waals surface area contributed by atoms with Crippen molar-refractivity contribution in [3.63, 3.8) is 0 Å². The Bertz CT molecular complexity index is 430. The molecule has 0 heterocycles. The van der Waals surface area contributed by atoms with Crippen LogP contribution in [0.25, 0.3) is 0 Å². The third-order valence-corrected chi connectivity index (χ3v) is 3.34. The topological polar surface area (TPSA) is 42.2 Å². The second-order valence-electron chi connectivity index (χ2n) is 4.09. The van der Waals surface area contributed by atoms with Crippen LogP contribution in [0.3, 0.4) is 0 Å². The number of rotatable bonds is 3. The predicted molar refractivity (Wildman–Crippen MR) is 60.7 cm³/mol. The molecule has 0 unspecified atom stereocenters. The first-order valence-corrected chi connectivity index (χ1v) is 5.40. The number of methoxy groups -OCH3 is 2.